The number of halogens is 1. The summed E-state index contributed by atoms with van der Waals surface area (Å²) >= 11 is 5.93. The Morgan fingerprint density at radius 1 is 1.00 bits per heavy atom. The molecule has 3 aromatic carbocycles. The molecule has 0 aromatic heterocycles. The van der Waals surface area contributed by atoms with Crippen LogP contribution in [0.4, 0.5) is 4.79 Å². The fourth-order valence-electron chi connectivity index (χ4n) is 3.59. The highest BCUT2D eigenvalue weighted by Gasteiger charge is 2.23. The van der Waals surface area contributed by atoms with E-state index in [0.29, 0.717) is 29.6 Å². The Morgan fingerprint density at radius 3 is 2.28 bits per heavy atom. The van der Waals surface area contributed by atoms with Crippen LogP contribution < -0.4 is 9.47 Å². The van der Waals surface area contributed by atoms with Crippen molar-refractivity contribution in [1.29, 1.82) is 0 Å². The first-order chi connectivity index (χ1) is 15.5. The van der Waals surface area contributed by atoms with E-state index in [1.807, 2.05) is 62.4 Å². The molecule has 0 heterocycles. The molecule has 0 aliphatic carbocycles. The van der Waals surface area contributed by atoms with Gasteiger partial charge in [0.2, 0.25) is 0 Å². The van der Waals surface area contributed by atoms with Gasteiger partial charge >= 0.3 is 6.09 Å². The minimum absolute atomic E-state index is 0.183. The highest BCUT2D eigenvalue weighted by Crippen LogP contribution is 2.43. The van der Waals surface area contributed by atoms with Gasteiger partial charge < -0.3 is 19.1 Å². The SMILES string of the molecule is CCN(Cc1c(C)cc(OC)c(OC)c1-c1ccccc1)C(=O)OCc1ccc(Cl)cc1. The number of ether oxygens (including phenoxy) is 3. The molecule has 168 valence electrons. The molecule has 0 aliphatic heterocycles. The zero-order valence-electron chi connectivity index (χ0n) is 18.9. The van der Waals surface area contributed by atoms with Gasteiger partial charge in [0.1, 0.15) is 6.61 Å². The summed E-state index contributed by atoms with van der Waals surface area (Å²) in [5.74, 6) is 1.30. The lowest BCUT2D eigenvalue weighted by molar-refractivity contribution is 0.0956. The summed E-state index contributed by atoms with van der Waals surface area (Å²) in [7, 11) is 3.25. The van der Waals surface area contributed by atoms with E-state index < -0.39 is 0 Å². The van der Waals surface area contributed by atoms with Crippen LogP contribution >= 0.6 is 11.6 Å². The second-order valence-electron chi connectivity index (χ2n) is 7.34. The molecule has 3 aromatic rings. The summed E-state index contributed by atoms with van der Waals surface area (Å²) in [4.78, 5) is 14.6. The van der Waals surface area contributed by atoms with E-state index in [1.165, 1.54) is 0 Å². The van der Waals surface area contributed by atoms with Crippen LogP contribution in [0.15, 0.2) is 60.7 Å². The number of benzene rings is 3. The van der Waals surface area contributed by atoms with Crippen molar-refractivity contribution < 1.29 is 19.0 Å². The van der Waals surface area contributed by atoms with E-state index in [2.05, 4.69) is 0 Å². The Kier molecular flexibility index (Phi) is 8.01. The van der Waals surface area contributed by atoms with Crippen molar-refractivity contribution in [1.82, 2.24) is 4.90 Å². The maximum absolute atomic E-state index is 12.9. The molecule has 0 unspecified atom stereocenters. The third-order valence-corrected chi connectivity index (χ3v) is 5.58. The van der Waals surface area contributed by atoms with Gasteiger partial charge in [-0.1, -0.05) is 54.1 Å². The quantitative estimate of drug-likeness (QED) is 0.391. The van der Waals surface area contributed by atoms with Crippen molar-refractivity contribution in [2.24, 2.45) is 0 Å². The molecule has 1 amide bonds. The maximum Gasteiger partial charge on any atom is 0.410 e. The van der Waals surface area contributed by atoms with Crippen LogP contribution in [0.3, 0.4) is 0 Å². The first-order valence-electron chi connectivity index (χ1n) is 10.4. The minimum atomic E-state index is -0.379. The van der Waals surface area contributed by atoms with Gasteiger partial charge in [-0.3, -0.25) is 0 Å². The number of carbonyl (C=O) groups excluding carboxylic acids is 1. The molecule has 0 atom stereocenters. The molecule has 0 spiro atoms. The number of aryl methyl sites for hydroxylation is 1. The Hall–Kier alpha value is -3.18. The number of carbonyl (C=O) groups is 1. The smallest absolute Gasteiger partial charge is 0.410 e. The van der Waals surface area contributed by atoms with Crippen molar-refractivity contribution in [2.45, 2.75) is 27.0 Å². The van der Waals surface area contributed by atoms with Gasteiger partial charge in [0.15, 0.2) is 11.5 Å². The van der Waals surface area contributed by atoms with Gasteiger partial charge in [-0.25, -0.2) is 4.79 Å². The molecule has 3 rings (SSSR count). The monoisotopic (exact) mass is 453 g/mol. The number of nitrogens with zero attached hydrogens (tertiary/aromatic N) is 1. The fourth-order valence-corrected chi connectivity index (χ4v) is 3.71. The average Bonchev–Trinajstić information content (AvgIpc) is 2.82. The van der Waals surface area contributed by atoms with Crippen LogP contribution in [0, 0.1) is 6.92 Å². The van der Waals surface area contributed by atoms with Gasteiger partial charge in [0.05, 0.1) is 14.2 Å². The van der Waals surface area contributed by atoms with E-state index in [4.69, 9.17) is 25.8 Å². The lowest BCUT2D eigenvalue weighted by Gasteiger charge is -2.25. The molecule has 0 radical (unpaired) electrons. The van der Waals surface area contributed by atoms with Crippen LogP contribution in [0.1, 0.15) is 23.6 Å². The van der Waals surface area contributed by atoms with Gasteiger partial charge in [-0.05, 0) is 54.3 Å². The Balaban J connectivity index is 1.91. The minimum Gasteiger partial charge on any atom is -0.493 e. The van der Waals surface area contributed by atoms with Crippen LogP contribution in [-0.2, 0) is 17.9 Å². The largest absolute Gasteiger partial charge is 0.493 e. The van der Waals surface area contributed by atoms with Crippen molar-refractivity contribution in [3.8, 4) is 22.6 Å². The second kappa shape index (κ2) is 10.9. The molecular weight excluding hydrogens is 426 g/mol. The first-order valence-corrected chi connectivity index (χ1v) is 10.8. The lowest BCUT2D eigenvalue weighted by Crippen LogP contribution is -2.31. The molecule has 0 fully saturated rings. The summed E-state index contributed by atoms with van der Waals surface area (Å²) < 4.78 is 16.9. The lowest BCUT2D eigenvalue weighted by atomic mass is 9.93. The second-order valence-corrected chi connectivity index (χ2v) is 7.78. The predicted octanol–water partition coefficient (Wildman–Crippen LogP) is 6.49. The van der Waals surface area contributed by atoms with Crippen LogP contribution in [0.5, 0.6) is 11.5 Å². The molecule has 5 nitrogen and oxygen atoms in total. The van der Waals surface area contributed by atoms with E-state index in [1.54, 1.807) is 31.3 Å². The van der Waals surface area contributed by atoms with Crippen LogP contribution in [-0.4, -0.2) is 31.8 Å². The summed E-state index contributed by atoms with van der Waals surface area (Å²) in [5.41, 5.74) is 4.77. The standard InChI is InChI=1S/C26H28ClNO4/c1-5-28(26(29)32-17-19-11-13-21(27)14-12-19)16-22-18(2)15-23(30-3)25(31-4)24(22)20-9-7-6-8-10-20/h6-15H,5,16-17H2,1-4H3. The molecule has 6 heteroatoms. The molecule has 0 bridgehead atoms. The molecule has 0 saturated heterocycles. The van der Waals surface area contributed by atoms with Crippen molar-refractivity contribution in [3.63, 3.8) is 0 Å². The molecule has 0 aliphatic rings. The number of amides is 1. The highest BCUT2D eigenvalue weighted by molar-refractivity contribution is 6.30. The summed E-state index contributed by atoms with van der Waals surface area (Å²) in [5, 5.41) is 0.646. The molecular formula is C26H28ClNO4. The normalized spacial score (nSPS) is 10.5. The first kappa shape index (κ1) is 23.5. The number of methoxy groups -OCH3 is 2. The van der Waals surface area contributed by atoms with E-state index >= 15 is 0 Å². The zero-order chi connectivity index (χ0) is 23.1. The van der Waals surface area contributed by atoms with Gasteiger partial charge in [-0.15, -0.1) is 0 Å². The van der Waals surface area contributed by atoms with E-state index in [-0.39, 0.29) is 12.7 Å². The topological polar surface area (TPSA) is 48.0 Å². The maximum atomic E-state index is 12.9. The highest BCUT2D eigenvalue weighted by atomic mass is 35.5. The Labute approximate surface area is 194 Å². The van der Waals surface area contributed by atoms with Crippen LogP contribution in [0.25, 0.3) is 11.1 Å². The van der Waals surface area contributed by atoms with Crippen LogP contribution in [0.2, 0.25) is 5.02 Å². The zero-order valence-corrected chi connectivity index (χ0v) is 19.6. The Morgan fingerprint density at radius 2 is 1.69 bits per heavy atom. The Bertz CT molecular complexity index is 1050. The predicted molar refractivity (Wildman–Crippen MR) is 127 cm³/mol. The number of hydrogen-bond donors (Lipinski definition) is 0. The van der Waals surface area contributed by atoms with Gasteiger partial charge in [0, 0.05) is 23.7 Å². The molecule has 32 heavy (non-hydrogen) atoms. The summed E-state index contributed by atoms with van der Waals surface area (Å²) in [6.07, 6.45) is -0.379. The third kappa shape index (κ3) is 5.35. The van der Waals surface area contributed by atoms with Crippen molar-refractivity contribution in [3.05, 3.63) is 82.4 Å². The third-order valence-electron chi connectivity index (χ3n) is 5.33. The summed E-state index contributed by atoms with van der Waals surface area (Å²) in [6, 6.07) is 19.2. The molecule has 0 N–H and O–H groups in total. The van der Waals surface area contributed by atoms with E-state index in [9.17, 15) is 4.79 Å². The van der Waals surface area contributed by atoms with Crippen molar-refractivity contribution in [2.75, 3.05) is 20.8 Å². The van der Waals surface area contributed by atoms with E-state index in [0.717, 1.165) is 27.8 Å². The van der Waals surface area contributed by atoms with Gasteiger partial charge in [-0.2, -0.15) is 0 Å². The summed E-state index contributed by atoms with van der Waals surface area (Å²) in [6.45, 7) is 5.01. The van der Waals surface area contributed by atoms with Gasteiger partial charge in [0.25, 0.3) is 0 Å². The number of hydrogen-bond acceptors (Lipinski definition) is 4. The van der Waals surface area contributed by atoms with Crippen molar-refractivity contribution >= 4 is 17.7 Å². The average molecular weight is 454 g/mol. The fraction of sp³-hybridized carbons (Fsp3) is 0.269. The number of rotatable bonds is 8. The molecule has 0 saturated carbocycles.